The summed E-state index contributed by atoms with van der Waals surface area (Å²) in [5, 5.41) is 16.7. The molecule has 0 aliphatic carbocycles. The first-order chi connectivity index (χ1) is 34.8. The summed E-state index contributed by atoms with van der Waals surface area (Å²) in [5.41, 5.74) is 7.62. The number of aromatic hydroxyl groups is 1. The maximum atomic E-state index is 13.7. The quantitative estimate of drug-likeness (QED) is 0.0587. The second kappa shape index (κ2) is 25.6. The lowest BCUT2D eigenvalue weighted by atomic mass is 9.97. The highest BCUT2D eigenvalue weighted by Gasteiger charge is 2.36. The van der Waals surface area contributed by atoms with Crippen molar-refractivity contribution >= 4 is 59.2 Å². The van der Waals surface area contributed by atoms with Crippen molar-refractivity contribution in [2.75, 3.05) is 85.3 Å². The fourth-order valence-electron chi connectivity index (χ4n) is 8.69. The summed E-state index contributed by atoms with van der Waals surface area (Å²) in [6.07, 6.45) is 9.56. The molecule has 4 amide bonds. The molecule has 3 aromatic carbocycles. The molecule has 0 bridgehead atoms. The third kappa shape index (κ3) is 14.1. The zero-order valence-electron chi connectivity index (χ0n) is 42.3. The van der Waals surface area contributed by atoms with Crippen molar-refractivity contribution in [3.05, 3.63) is 99.1 Å². The van der Waals surface area contributed by atoms with Crippen molar-refractivity contribution in [3.63, 3.8) is 0 Å². The first kappa shape index (κ1) is 53.7. The third-order valence-electron chi connectivity index (χ3n) is 13.0. The summed E-state index contributed by atoms with van der Waals surface area (Å²) in [6.45, 7) is 14.8. The summed E-state index contributed by atoms with van der Waals surface area (Å²) in [4.78, 5) is 64.6. The Hall–Kier alpha value is -6.05. The number of hydrogen-bond donors (Lipinski definition) is 3. The predicted octanol–water partition coefficient (Wildman–Crippen LogP) is 6.90. The molecule has 0 aromatic heterocycles. The smallest absolute Gasteiger partial charge is 0.257 e. The van der Waals surface area contributed by atoms with E-state index in [0.29, 0.717) is 107 Å². The van der Waals surface area contributed by atoms with Gasteiger partial charge in [0.05, 0.1) is 93.2 Å². The van der Waals surface area contributed by atoms with Crippen molar-refractivity contribution in [2.24, 2.45) is 9.98 Å². The molecule has 2 atom stereocenters. The van der Waals surface area contributed by atoms with Crippen LogP contribution in [0.4, 0.5) is 11.4 Å². The summed E-state index contributed by atoms with van der Waals surface area (Å²) < 4.78 is 34.2. The largest absolute Gasteiger partial charge is 0.504 e. The zero-order chi connectivity index (χ0) is 51.2. The number of nitrogens with one attached hydrogen (secondary N) is 2. The van der Waals surface area contributed by atoms with Crippen LogP contribution in [0.3, 0.4) is 0 Å². The van der Waals surface area contributed by atoms with Crippen LogP contribution in [0.1, 0.15) is 89.9 Å². The first-order valence-electron chi connectivity index (χ1n) is 24.6. The Morgan fingerprint density at radius 3 is 1.79 bits per heavy atom. The number of fused-ring (bicyclic) bond motifs is 4. The van der Waals surface area contributed by atoms with E-state index in [-0.39, 0.29) is 66.2 Å². The van der Waals surface area contributed by atoms with Gasteiger partial charge in [-0.05, 0) is 87.9 Å². The maximum absolute atomic E-state index is 13.7. The minimum Gasteiger partial charge on any atom is -0.504 e. The molecule has 4 heterocycles. The Bertz CT molecular complexity index is 2440. The van der Waals surface area contributed by atoms with Crippen LogP contribution in [0.2, 0.25) is 0 Å². The molecule has 2 fully saturated rings. The maximum Gasteiger partial charge on any atom is 0.257 e. The molecule has 18 heteroatoms. The summed E-state index contributed by atoms with van der Waals surface area (Å²) in [6, 6.07) is 12.6. The highest BCUT2D eigenvalue weighted by molar-refractivity contribution is 8.00. The Morgan fingerprint density at radius 1 is 0.722 bits per heavy atom. The number of hydrogen-bond acceptors (Lipinski definition) is 14. The molecule has 4 aliphatic heterocycles. The van der Waals surface area contributed by atoms with Gasteiger partial charge in [0, 0.05) is 62.4 Å². The molecule has 0 unspecified atom stereocenters. The standard InChI is InChI=1S/C54H68N6O11S/c1-7-36-23-41-28-57-45-26-48(35(3)19-43(45)52(64)59(41)30-36)70-32-38-20-39(33-71-49-27-46-44(25-47(49)61)53(65)60-31-37(8-2)24-42(60)29-58-46)22-40(21-38)54(4,5)72-34-51(63)56-10-12-67-14-16-69-18-17-68-15-13-66-11-9-50(62)55-6/h7-8,19-22,25-29,41-42,61H,9-18,23-24,30-34H2,1-6H3,(H,55,62)(H,56,63)/b36-7+,37-8+/t41-,42-/m0/s1. The van der Waals surface area contributed by atoms with E-state index < -0.39 is 4.75 Å². The first-order valence-corrected chi connectivity index (χ1v) is 25.6. The number of phenols is 1. The van der Waals surface area contributed by atoms with E-state index in [1.807, 2.05) is 62.2 Å². The Morgan fingerprint density at radius 2 is 1.24 bits per heavy atom. The number of allylic oxidation sites excluding steroid dienone is 2. The Balaban J connectivity index is 0.958. The fourth-order valence-corrected chi connectivity index (χ4v) is 9.56. The molecule has 386 valence electrons. The van der Waals surface area contributed by atoms with Crippen molar-refractivity contribution in [1.29, 1.82) is 0 Å². The Kier molecular flexibility index (Phi) is 19.1. The van der Waals surface area contributed by atoms with Crippen LogP contribution >= 0.6 is 11.8 Å². The van der Waals surface area contributed by atoms with Gasteiger partial charge >= 0.3 is 0 Å². The topological polar surface area (TPSA) is 199 Å². The highest BCUT2D eigenvalue weighted by atomic mass is 32.2. The van der Waals surface area contributed by atoms with Crippen LogP contribution in [-0.2, 0) is 46.5 Å². The SMILES string of the molecule is C/C=C1\C[C@H]2C=Nc3cc(OCc4cc(COc5cc6c(cc5O)C(=O)N5C/C(=C/C)C[C@H]5C=N6)cc(C(C)(C)SCC(=O)NCCOCCOCCOCCOCCC(=O)NC)c4)c(C)cc3C(=O)N2C1. The van der Waals surface area contributed by atoms with Crippen molar-refractivity contribution in [1.82, 2.24) is 20.4 Å². The summed E-state index contributed by atoms with van der Waals surface area (Å²) in [7, 11) is 1.59. The molecule has 72 heavy (non-hydrogen) atoms. The lowest BCUT2D eigenvalue weighted by Gasteiger charge is -2.26. The number of benzene rings is 3. The van der Waals surface area contributed by atoms with E-state index in [0.717, 1.165) is 35.1 Å². The van der Waals surface area contributed by atoms with Crippen LogP contribution in [0.15, 0.2) is 75.7 Å². The van der Waals surface area contributed by atoms with E-state index in [1.54, 1.807) is 24.2 Å². The van der Waals surface area contributed by atoms with E-state index in [4.69, 9.17) is 33.4 Å². The third-order valence-corrected chi connectivity index (χ3v) is 14.3. The molecule has 2 saturated heterocycles. The van der Waals surface area contributed by atoms with Gasteiger partial charge in [0.2, 0.25) is 11.8 Å². The van der Waals surface area contributed by atoms with Crippen LogP contribution in [-0.4, -0.2) is 148 Å². The molecule has 7 rings (SSSR count). The van der Waals surface area contributed by atoms with Crippen molar-refractivity contribution < 1.29 is 52.7 Å². The number of carbonyl (C=O) groups is 4. The lowest BCUT2D eigenvalue weighted by Crippen LogP contribution is -2.35. The number of rotatable bonds is 25. The number of aliphatic imine (C=N–C) groups is 2. The Labute approximate surface area is 426 Å². The molecule has 17 nitrogen and oxygen atoms in total. The van der Waals surface area contributed by atoms with Gasteiger partial charge in [0.15, 0.2) is 11.5 Å². The highest BCUT2D eigenvalue weighted by Crippen LogP contribution is 2.41. The van der Waals surface area contributed by atoms with Crippen LogP contribution in [0, 0.1) is 6.92 Å². The van der Waals surface area contributed by atoms with Crippen LogP contribution in [0.25, 0.3) is 0 Å². The molecule has 0 saturated carbocycles. The van der Waals surface area contributed by atoms with Gasteiger partial charge in [0.1, 0.15) is 19.0 Å². The molecular weight excluding hydrogens is 941 g/mol. The lowest BCUT2D eigenvalue weighted by molar-refractivity contribution is -0.122. The van der Waals surface area contributed by atoms with E-state index in [1.165, 1.54) is 29.0 Å². The number of carbonyl (C=O) groups excluding carboxylic acids is 4. The van der Waals surface area contributed by atoms with Crippen molar-refractivity contribution in [3.8, 4) is 17.2 Å². The number of phenolic OH excluding ortho intramolecular Hbond substituents is 1. The molecule has 3 N–H and O–H groups in total. The number of aryl methyl sites for hydroxylation is 1. The van der Waals surface area contributed by atoms with Gasteiger partial charge in [-0.2, -0.15) is 0 Å². The molecular formula is C54H68N6O11S. The summed E-state index contributed by atoms with van der Waals surface area (Å²) >= 11 is 1.49. The van der Waals surface area contributed by atoms with Gasteiger partial charge in [0.25, 0.3) is 11.8 Å². The van der Waals surface area contributed by atoms with Crippen molar-refractivity contribution in [2.45, 2.75) is 83.9 Å². The number of nitrogens with zero attached hydrogens (tertiary/aromatic N) is 4. The van der Waals surface area contributed by atoms with Gasteiger partial charge in [-0.1, -0.05) is 35.4 Å². The molecule has 3 aromatic rings. The predicted molar refractivity (Wildman–Crippen MR) is 278 cm³/mol. The zero-order valence-corrected chi connectivity index (χ0v) is 43.1. The van der Waals surface area contributed by atoms with E-state index >= 15 is 0 Å². The normalized spacial score (nSPS) is 18.2. The number of thioether (sulfide) groups is 1. The number of ether oxygens (including phenoxy) is 6. The monoisotopic (exact) mass is 1010 g/mol. The minimum absolute atomic E-state index is 0.0450. The molecule has 0 spiro atoms. The number of amides is 4. The van der Waals surface area contributed by atoms with E-state index in [9.17, 15) is 24.3 Å². The van der Waals surface area contributed by atoms with Crippen LogP contribution < -0.4 is 20.1 Å². The average molecular weight is 1010 g/mol. The van der Waals surface area contributed by atoms with Gasteiger partial charge in [-0.3, -0.25) is 29.2 Å². The average Bonchev–Trinajstić information content (AvgIpc) is 3.95. The van der Waals surface area contributed by atoms with Gasteiger partial charge < -0.3 is 54.0 Å². The van der Waals surface area contributed by atoms with Crippen LogP contribution in [0.5, 0.6) is 17.2 Å². The van der Waals surface area contributed by atoms with Gasteiger partial charge in [-0.25, -0.2) is 0 Å². The minimum atomic E-state index is -0.545. The second-order valence-electron chi connectivity index (χ2n) is 18.5. The molecule has 4 aliphatic rings. The second-order valence-corrected chi connectivity index (χ2v) is 20.1. The molecule has 0 radical (unpaired) electrons. The van der Waals surface area contributed by atoms with E-state index in [2.05, 4.69) is 41.6 Å². The van der Waals surface area contributed by atoms with Gasteiger partial charge in [-0.15, -0.1) is 11.8 Å². The summed E-state index contributed by atoms with van der Waals surface area (Å²) in [5.74, 6) is 0.401. The fraction of sp³-hybridized carbons (Fsp3) is 0.481.